The van der Waals surface area contributed by atoms with Crippen molar-refractivity contribution < 1.29 is 9.84 Å². The van der Waals surface area contributed by atoms with E-state index in [-0.39, 0.29) is 12.1 Å². The van der Waals surface area contributed by atoms with Gasteiger partial charge in [0.2, 0.25) is 5.88 Å². The third kappa shape index (κ3) is 4.69. The van der Waals surface area contributed by atoms with Crippen LogP contribution in [0.4, 0.5) is 0 Å². The highest BCUT2D eigenvalue weighted by Crippen LogP contribution is 2.28. The maximum atomic E-state index is 10.3. The molecule has 1 fully saturated rings. The van der Waals surface area contributed by atoms with E-state index in [1.165, 1.54) is 0 Å². The van der Waals surface area contributed by atoms with Crippen LogP contribution in [0.15, 0.2) is 61.3 Å². The lowest BCUT2D eigenvalue weighted by molar-refractivity contribution is 0.145. The second-order valence-corrected chi connectivity index (χ2v) is 6.91. The summed E-state index contributed by atoms with van der Waals surface area (Å²) in [5.41, 5.74) is 1.14. The molecule has 1 saturated carbocycles. The van der Waals surface area contributed by atoms with E-state index in [4.69, 9.17) is 4.74 Å². The summed E-state index contributed by atoms with van der Waals surface area (Å²) < 4.78 is 7.59. The van der Waals surface area contributed by atoms with E-state index in [1.54, 1.807) is 24.8 Å². The largest absolute Gasteiger partial charge is 0.438 e. The molecule has 0 saturated heterocycles. The maximum Gasteiger partial charge on any atom is 0.237 e. The second kappa shape index (κ2) is 8.28. The van der Waals surface area contributed by atoms with Crippen LogP contribution < -0.4 is 10.1 Å². The Morgan fingerprint density at radius 1 is 1.15 bits per heavy atom. The quantitative estimate of drug-likeness (QED) is 0.669. The van der Waals surface area contributed by atoms with Gasteiger partial charge in [0.25, 0.3) is 0 Å². The lowest BCUT2D eigenvalue weighted by atomic mass is 10.1. The van der Waals surface area contributed by atoms with Gasteiger partial charge in [-0.25, -0.2) is 4.98 Å². The SMILES string of the molecule is O[C@@H]1CC(Cn2cccn2)C[C@H]1NCc1ccc(Oc2cnccn2)cc1. The predicted molar refractivity (Wildman–Crippen MR) is 100 cm³/mol. The molecule has 1 aliphatic carbocycles. The van der Waals surface area contributed by atoms with Crippen LogP contribution in [0.1, 0.15) is 18.4 Å². The molecule has 2 aromatic heterocycles. The Balaban J connectivity index is 1.27. The first-order chi connectivity index (χ1) is 13.3. The van der Waals surface area contributed by atoms with Crippen LogP contribution in [0.25, 0.3) is 0 Å². The Kier molecular flexibility index (Phi) is 5.41. The lowest BCUT2D eigenvalue weighted by Crippen LogP contribution is -2.35. The summed E-state index contributed by atoms with van der Waals surface area (Å²) in [6.45, 7) is 1.57. The highest BCUT2D eigenvalue weighted by Gasteiger charge is 2.32. The molecule has 3 aromatic rings. The van der Waals surface area contributed by atoms with E-state index < -0.39 is 0 Å². The summed E-state index contributed by atoms with van der Waals surface area (Å²) >= 11 is 0. The Labute approximate surface area is 158 Å². The van der Waals surface area contributed by atoms with Gasteiger partial charge in [-0.05, 0) is 42.5 Å². The maximum absolute atomic E-state index is 10.3. The Hall–Kier alpha value is -2.77. The van der Waals surface area contributed by atoms with Crippen molar-refractivity contribution in [3.8, 4) is 11.6 Å². The van der Waals surface area contributed by atoms with E-state index in [0.717, 1.165) is 30.7 Å². The molecular weight excluding hydrogens is 342 g/mol. The van der Waals surface area contributed by atoms with Gasteiger partial charge in [0, 0.05) is 43.9 Å². The van der Waals surface area contributed by atoms with Crippen LogP contribution in [0, 0.1) is 5.92 Å². The molecule has 1 aliphatic rings. The molecule has 0 aliphatic heterocycles. The summed E-state index contributed by atoms with van der Waals surface area (Å²) in [6.07, 6.45) is 9.99. The molecule has 3 atom stereocenters. The molecule has 7 nitrogen and oxygen atoms in total. The number of aromatic nitrogens is 4. The van der Waals surface area contributed by atoms with Gasteiger partial charge in [-0.3, -0.25) is 9.67 Å². The van der Waals surface area contributed by atoms with Gasteiger partial charge >= 0.3 is 0 Å². The van der Waals surface area contributed by atoms with Crippen LogP contribution in [0.2, 0.25) is 0 Å². The van der Waals surface area contributed by atoms with Crippen molar-refractivity contribution in [3.05, 3.63) is 66.9 Å². The fourth-order valence-electron chi connectivity index (χ4n) is 3.54. The van der Waals surface area contributed by atoms with Gasteiger partial charge in [0.05, 0.1) is 12.3 Å². The molecule has 140 valence electrons. The number of nitrogens with zero attached hydrogens (tertiary/aromatic N) is 4. The molecule has 0 bridgehead atoms. The summed E-state index contributed by atoms with van der Waals surface area (Å²) in [5, 5.41) is 18.1. The van der Waals surface area contributed by atoms with Gasteiger partial charge in [-0.1, -0.05) is 12.1 Å². The van der Waals surface area contributed by atoms with Gasteiger partial charge in [0.15, 0.2) is 0 Å². The normalized spacial score (nSPS) is 22.0. The monoisotopic (exact) mass is 365 g/mol. The van der Waals surface area contributed by atoms with Crippen LogP contribution in [0.5, 0.6) is 11.6 Å². The first-order valence-corrected chi connectivity index (χ1v) is 9.18. The van der Waals surface area contributed by atoms with Gasteiger partial charge in [0.1, 0.15) is 5.75 Å². The van der Waals surface area contributed by atoms with Crippen LogP contribution in [-0.4, -0.2) is 37.0 Å². The summed E-state index contributed by atoms with van der Waals surface area (Å²) in [5.74, 6) is 1.64. The average molecular weight is 365 g/mol. The minimum atomic E-state index is -0.315. The molecule has 4 rings (SSSR count). The average Bonchev–Trinajstić information content (AvgIpc) is 3.32. The fourth-order valence-corrected chi connectivity index (χ4v) is 3.54. The molecular formula is C20H23N5O2. The third-order valence-corrected chi connectivity index (χ3v) is 4.88. The number of nitrogens with one attached hydrogen (secondary N) is 1. The standard InChI is InChI=1S/C20H23N5O2/c26-19-11-16(14-25-9-1-6-24-25)10-18(19)23-12-15-2-4-17(5-3-15)27-20-13-21-7-8-22-20/h1-9,13,16,18-19,23,26H,10-12,14H2/t16?,18-,19-/m1/s1. The zero-order valence-electron chi connectivity index (χ0n) is 15.0. The second-order valence-electron chi connectivity index (χ2n) is 6.91. The van der Waals surface area contributed by atoms with Crippen molar-refractivity contribution >= 4 is 0 Å². The lowest BCUT2D eigenvalue weighted by Gasteiger charge is -2.16. The summed E-state index contributed by atoms with van der Waals surface area (Å²) in [7, 11) is 0. The molecule has 2 heterocycles. The van der Waals surface area contributed by atoms with Crippen LogP contribution in [-0.2, 0) is 13.1 Å². The van der Waals surface area contributed by atoms with E-state index in [2.05, 4.69) is 20.4 Å². The minimum absolute atomic E-state index is 0.112. The first-order valence-electron chi connectivity index (χ1n) is 9.18. The first kappa shape index (κ1) is 17.6. The third-order valence-electron chi connectivity index (χ3n) is 4.88. The summed E-state index contributed by atoms with van der Waals surface area (Å²) in [6, 6.07) is 9.90. The number of benzene rings is 1. The van der Waals surface area contributed by atoms with Gasteiger partial charge < -0.3 is 15.2 Å². The molecule has 0 amide bonds. The topological polar surface area (TPSA) is 85.1 Å². The fraction of sp³-hybridized carbons (Fsp3) is 0.350. The van der Waals surface area contributed by atoms with Crippen molar-refractivity contribution in [2.24, 2.45) is 5.92 Å². The number of aliphatic hydroxyl groups excluding tert-OH is 1. The van der Waals surface area contributed by atoms with Crippen molar-refractivity contribution in [1.82, 2.24) is 25.1 Å². The Bertz CT molecular complexity index is 823. The number of ether oxygens (including phenoxy) is 1. The van der Waals surface area contributed by atoms with Crippen molar-refractivity contribution in [2.75, 3.05) is 0 Å². The zero-order valence-corrected chi connectivity index (χ0v) is 15.0. The Morgan fingerprint density at radius 3 is 2.78 bits per heavy atom. The molecule has 27 heavy (non-hydrogen) atoms. The molecule has 0 spiro atoms. The van der Waals surface area contributed by atoms with Gasteiger partial charge in [-0.2, -0.15) is 5.10 Å². The Morgan fingerprint density at radius 2 is 2.04 bits per heavy atom. The number of hydrogen-bond donors (Lipinski definition) is 2. The highest BCUT2D eigenvalue weighted by molar-refractivity contribution is 5.29. The zero-order chi connectivity index (χ0) is 18.5. The molecule has 1 aromatic carbocycles. The van der Waals surface area contributed by atoms with E-state index in [0.29, 0.717) is 18.3 Å². The molecule has 7 heteroatoms. The van der Waals surface area contributed by atoms with E-state index in [1.807, 2.05) is 41.2 Å². The number of aliphatic hydroxyl groups is 1. The predicted octanol–water partition coefficient (Wildman–Crippen LogP) is 2.39. The summed E-state index contributed by atoms with van der Waals surface area (Å²) in [4.78, 5) is 8.08. The van der Waals surface area contributed by atoms with Crippen molar-refractivity contribution in [1.29, 1.82) is 0 Å². The van der Waals surface area contributed by atoms with Gasteiger partial charge in [-0.15, -0.1) is 0 Å². The molecule has 0 radical (unpaired) electrons. The van der Waals surface area contributed by atoms with Crippen molar-refractivity contribution in [3.63, 3.8) is 0 Å². The molecule has 1 unspecified atom stereocenters. The van der Waals surface area contributed by atoms with E-state index >= 15 is 0 Å². The highest BCUT2D eigenvalue weighted by atomic mass is 16.5. The van der Waals surface area contributed by atoms with Crippen molar-refractivity contribution in [2.45, 2.75) is 38.1 Å². The minimum Gasteiger partial charge on any atom is -0.438 e. The molecule has 2 N–H and O–H groups in total. The number of rotatable bonds is 7. The smallest absolute Gasteiger partial charge is 0.237 e. The van der Waals surface area contributed by atoms with E-state index in [9.17, 15) is 5.11 Å². The van der Waals surface area contributed by atoms with Crippen LogP contribution >= 0.6 is 0 Å². The number of hydrogen-bond acceptors (Lipinski definition) is 6. The van der Waals surface area contributed by atoms with Crippen LogP contribution in [0.3, 0.4) is 0 Å².